The Labute approximate surface area is 172 Å². The molecule has 0 saturated heterocycles. The van der Waals surface area contributed by atoms with Crippen LogP contribution in [-0.4, -0.2) is 28.2 Å². The van der Waals surface area contributed by atoms with Crippen LogP contribution in [0.15, 0.2) is 46.8 Å². The summed E-state index contributed by atoms with van der Waals surface area (Å²) in [6.45, 7) is 1.99. The van der Waals surface area contributed by atoms with E-state index < -0.39 is 6.29 Å². The van der Waals surface area contributed by atoms with Crippen molar-refractivity contribution in [2.24, 2.45) is 0 Å². The maximum absolute atomic E-state index is 13.0. The Bertz CT molecular complexity index is 1060. The van der Waals surface area contributed by atoms with Gasteiger partial charge >= 0.3 is 6.29 Å². The lowest BCUT2D eigenvalue weighted by molar-refractivity contribution is -0.286. The Kier molecular flexibility index (Phi) is 5.24. The molecule has 1 aliphatic heterocycles. The molecule has 0 atom stereocenters. The number of anilines is 3. The molecule has 0 bridgehead atoms. The summed E-state index contributed by atoms with van der Waals surface area (Å²) in [5.41, 5.74) is 2.35. The number of hydrogen-bond acceptors (Lipinski definition) is 8. The number of ether oxygens (including phenoxy) is 2. The number of rotatable bonds is 6. The molecule has 2 N–H and O–H groups in total. The van der Waals surface area contributed by atoms with Gasteiger partial charge in [0, 0.05) is 17.4 Å². The highest BCUT2D eigenvalue weighted by Gasteiger charge is 2.43. The second kappa shape index (κ2) is 7.84. The summed E-state index contributed by atoms with van der Waals surface area (Å²) in [7, 11) is 0. The molecule has 1 amide bonds. The first-order valence-corrected chi connectivity index (χ1v) is 10.2. The summed E-state index contributed by atoms with van der Waals surface area (Å²) in [4.78, 5) is 12.1. The van der Waals surface area contributed by atoms with Crippen molar-refractivity contribution in [3.63, 3.8) is 0 Å². The Morgan fingerprint density at radius 1 is 1.17 bits per heavy atom. The van der Waals surface area contributed by atoms with E-state index in [0.717, 1.165) is 11.3 Å². The van der Waals surface area contributed by atoms with Gasteiger partial charge in [0.1, 0.15) is 0 Å². The number of aromatic nitrogens is 2. The molecule has 2 aromatic carbocycles. The summed E-state index contributed by atoms with van der Waals surface area (Å²) in [6.07, 6.45) is -3.69. The van der Waals surface area contributed by atoms with Crippen LogP contribution in [0.1, 0.15) is 5.56 Å². The molecule has 7 nitrogen and oxygen atoms in total. The molecule has 0 unspecified atom stereocenters. The fourth-order valence-corrected chi connectivity index (χ4v) is 4.06. The third-order valence-electron chi connectivity index (χ3n) is 3.80. The first-order valence-electron chi connectivity index (χ1n) is 8.37. The van der Waals surface area contributed by atoms with E-state index in [2.05, 4.69) is 30.3 Å². The molecule has 0 spiro atoms. The molecular weight excluding hydrogens is 422 g/mol. The number of amides is 1. The van der Waals surface area contributed by atoms with Crippen LogP contribution in [0.4, 0.5) is 25.3 Å². The molecule has 2 heterocycles. The van der Waals surface area contributed by atoms with Crippen molar-refractivity contribution in [2.75, 3.05) is 16.4 Å². The second-order valence-electron chi connectivity index (χ2n) is 5.98. The smallest absolute Gasteiger partial charge is 0.395 e. The standard InChI is InChI=1S/C18H14F2N4O3S2/c1-10-4-2-3-5-12(10)22-16-23-24-17(29-16)28-9-15(25)21-11-6-7-13-14(8-11)27-18(19,20)26-13/h2-8H,9H2,1H3,(H,21,25)(H,22,23). The van der Waals surface area contributed by atoms with Crippen LogP contribution >= 0.6 is 23.1 Å². The maximum atomic E-state index is 13.0. The molecule has 0 fully saturated rings. The van der Waals surface area contributed by atoms with Crippen LogP contribution in [0.2, 0.25) is 0 Å². The number of benzene rings is 2. The summed E-state index contributed by atoms with van der Waals surface area (Å²) in [5.74, 6) is -0.436. The van der Waals surface area contributed by atoms with E-state index in [1.807, 2.05) is 31.2 Å². The second-order valence-corrected chi connectivity index (χ2v) is 8.18. The van der Waals surface area contributed by atoms with Crippen molar-refractivity contribution in [3.8, 4) is 11.5 Å². The van der Waals surface area contributed by atoms with Crippen molar-refractivity contribution in [1.29, 1.82) is 0 Å². The quantitative estimate of drug-likeness (QED) is 0.545. The molecule has 1 aromatic heterocycles. The van der Waals surface area contributed by atoms with Crippen LogP contribution < -0.4 is 20.1 Å². The lowest BCUT2D eigenvalue weighted by atomic mass is 10.2. The summed E-state index contributed by atoms with van der Waals surface area (Å²) < 4.78 is 35.4. The number of fused-ring (bicyclic) bond motifs is 1. The van der Waals surface area contributed by atoms with Crippen molar-refractivity contribution in [2.45, 2.75) is 17.6 Å². The minimum atomic E-state index is -3.69. The third-order valence-corrected chi connectivity index (χ3v) is 5.78. The van der Waals surface area contributed by atoms with E-state index in [1.165, 1.54) is 41.3 Å². The van der Waals surface area contributed by atoms with Crippen LogP contribution in [0.3, 0.4) is 0 Å². The number of para-hydroxylation sites is 1. The van der Waals surface area contributed by atoms with Crippen molar-refractivity contribution in [3.05, 3.63) is 48.0 Å². The Hall–Kier alpha value is -2.92. The summed E-state index contributed by atoms with van der Waals surface area (Å²) in [6, 6.07) is 11.9. The van der Waals surface area contributed by atoms with Gasteiger partial charge < -0.3 is 20.1 Å². The van der Waals surface area contributed by atoms with E-state index >= 15 is 0 Å². The van der Waals surface area contributed by atoms with Crippen LogP contribution in [0, 0.1) is 6.92 Å². The van der Waals surface area contributed by atoms with E-state index in [4.69, 9.17) is 0 Å². The monoisotopic (exact) mass is 436 g/mol. The van der Waals surface area contributed by atoms with Gasteiger partial charge in [-0.3, -0.25) is 4.79 Å². The number of hydrogen-bond donors (Lipinski definition) is 2. The van der Waals surface area contributed by atoms with Crippen molar-refractivity contribution < 1.29 is 23.0 Å². The zero-order chi connectivity index (χ0) is 20.4. The third kappa shape index (κ3) is 4.74. The highest BCUT2D eigenvalue weighted by Crippen LogP contribution is 2.42. The van der Waals surface area contributed by atoms with Crippen molar-refractivity contribution in [1.82, 2.24) is 10.2 Å². The average Bonchev–Trinajstić information content (AvgIpc) is 3.23. The average molecular weight is 436 g/mol. The number of halogens is 2. The number of nitrogens with zero attached hydrogens (tertiary/aromatic N) is 2. The van der Waals surface area contributed by atoms with Gasteiger partial charge in [-0.05, 0) is 30.7 Å². The molecule has 150 valence electrons. The molecule has 0 aliphatic carbocycles. The minimum Gasteiger partial charge on any atom is -0.395 e. The number of nitrogens with one attached hydrogen (secondary N) is 2. The largest absolute Gasteiger partial charge is 0.586 e. The van der Waals surface area contributed by atoms with Gasteiger partial charge in [0.05, 0.1) is 5.75 Å². The topological polar surface area (TPSA) is 85.4 Å². The molecule has 3 aromatic rings. The van der Waals surface area contributed by atoms with Gasteiger partial charge in [-0.1, -0.05) is 41.3 Å². The predicted molar refractivity (Wildman–Crippen MR) is 106 cm³/mol. The van der Waals surface area contributed by atoms with Crippen LogP contribution in [-0.2, 0) is 4.79 Å². The fourth-order valence-electron chi connectivity index (χ4n) is 2.50. The number of carbonyl (C=O) groups is 1. The highest BCUT2D eigenvalue weighted by atomic mass is 32.2. The molecule has 0 radical (unpaired) electrons. The highest BCUT2D eigenvalue weighted by molar-refractivity contribution is 8.01. The number of alkyl halides is 2. The van der Waals surface area contributed by atoms with Gasteiger partial charge in [-0.25, -0.2) is 0 Å². The predicted octanol–water partition coefficient (Wildman–Crippen LogP) is 4.64. The maximum Gasteiger partial charge on any atom is 0.586 e. The van der Waals surface area contributed by atoms with E-state index in [0.29, 0.717) is 15.2 Å². The van der Waals surface area contributed by atoms with Crippen LogP contribution in [0.5, 0.6) is 11.5 Å². The van der Waals surface area contributed by atoms with Gasteiger partial charge in [0.2, 0.25) is 11.0 Å². The normalized spacial score (nSPS) is 13.9. The van der Waals surface area contributed by atoms with E-state index in [-0.39, 0.29) is 23.2 Å². The molecule has 4 rings (SSSR count). The number of thioether (sulfide) groups is 1. The molecular formula is C18H14F2N4O3S2. The zero-order valence-corrected chi connectivity index (χ0v) is 16.6. The van der Waals surface area contributed by atoms with Crippen LogP contribution in [0.25, 0.3) is 0 Å². The minimum absolute atomic E-state index is 0.0788. The van der Waals surface area contributed by atoms with E-state index in [1.54, 1.807) is 0 Å². The lowest BCUT2D eigenvalue weighted by Crippen LogP contribution is -2.25. The lowest BCUT2D eigenvalue weighted by Gasteiger charge is -2.05. The summed E-state index contributed by atoms with van der Waals surface area (Å²) in [5, 5.41) is 14.6. The van der Waals surface area contributed by atoms with Gasteiger partial charge in [0.15, 0.2) is 15.8 Å². The molecule has 1 aliphatic rings. The van der Waals surface area contributed by atoms with E-state index in [9.17, 15) is 13.6 Å². The first-order chi connectivity index (χ1) is 13.9. The zero-order valence-electron chi connectivity index (χ0n) is 14.9. The Balaban J connectivity index is 1.31. The molecule has 0 saturated carbocycles. The Morgan fingerprint density at radius 3 is 2.79 bits per heavy atom. The van der Waals surface area contributed by atoms with Gasteiger partial charge in [0.25, 0.3) is 0 Å². The molecule has 11 heteroatoms. The number of carbonyl (C=O) groups excluding carboxylic acids is 1. The SMILES string of the molecule is Cc1ccccc1Nc1nnc(SCC(=O)Nc2ccc3c(c2)OC(F)(F)O3)s1. The van der Waals surface area contributed by atoms with Gasteiger partial charge in [-0.2, -0.15) is 0 Å². The van der Waals surface area contributed by atoms with Gasteiger partial charge in [-0.15, -0.1) is 19.0 Å². The fraction of sp³-hybridized carbons (Fsp3) is 0.167. The molecule has 29 heavy (non-hydrogen) atoms. The number of aryl methyl sites for hydroxylation is 1. The summed E-state index contributed by atoms with van der Waals surface area (Å²) >= 11 is 2.56. The van der Waals surface area contributed by atoms with Crippen molar-refractivity contribution >= 4 is 45.5 Å². The Morgan fingerprint density at radius 2 is 1.97 bits per heavy atom. The first kappa shape index (κ1) is 19.4.